The number of hydrogen-bond acceptors (Lipinski definition) is 5. The SMILES string of the molecule is CCCCCCCCCCCCc1ccc(OC(=O)COS(=O)(=O)O)cc1. The molecule has 0 radical (unpaired) electrons. The number of carbonyl (C=O) groups is 1. The number of aryl methyl sites for hydroxylation is 1. The van der Waals surface area contributed by atoms with E-state index in [1.165, 1.54) is 63.4 Å². The van der Waals surface area contributed by atoms with Crippen LogP contribution in [0.2, 0.25) is 0 Å². The highest BCUT2D eigenvalue weighted by molar-refractivity contribution is 7.80. The molecule has 27 heavy (non-hydrogen) atoms. The zero-order chi connectivity index (χ0) is 20.0. The summed E-state index contributed by atoms with van der Waals surface area (Å²) in [5.74, 6) is -0.583. The summed E-state index contributed by atoms with van der Waals surface area (Å²) in [5.41, 5.74) is 1.17. The van der Waals surface area contributed by atoms with Gasteiger partial charge in [-0.2, -0.15) is 8.42 Å². The van der Waals surface area contributed by atoms with Crippen LogP contribution in [0, 0.1) is 0 Å². The standard InChI is InChI=1S/C20H32O6S/c1-2-3-4-5-6-7-8-9-10-11-12-18-13-15-19(16-14-18)26-20(21)17-25-27(22,23)24/h13-16H,2-12,17H2,1H3,(H,22,23,24). The van der Waals surface area contributed by atoms with Crippen molar-refractivity contribution in [2.24, 2.45) is 0 Å². The second-order valence-electron chi connectivity index (χ2n) is 6.74. The topological polar surface area (TPSA) is 89.9 Å². The third-order valence-corrected chi connectivity index (χ3v) is 4.72. The van der Waals surface area contributed by atoms with Crippen molar-refractivity contribution in [3.63, 3.8) is 0 Å². The lowest BCUT2D eigenvalue weighted by molar-refractivity contribution is -0.136. The van der Waals surface area contributed by atoms with Gasteiger partial charge in [0.2, 0.25) is 0 Å². The molecule has 1 N–H and O–H groups in total. The maximum absolute atomic E-state index is 11.4. The van der Waals surface area contributed by atoms with Crippen LogP contribution >= 0.6 is 0 Å². The first-order valence-electron chi connectivity index (χ1n) is 9.82. The van der Waals surface area contributed by atoms with Gasteiger partial charge < -0.3 is 4.74 Å². The molecule has 0 aliphatic rings. The maximum atomic E-state index is 11.4. The van der Waals surface area contributed by atoms with E-state index in [2.05, 4.69) is 11.1 Å². The first-order valence-corrected chi connectivity index (χ1v) is 11.2. The Balaban J connectivity index is 2.11. The second-order valence-corrected chi connectivity index (χ2v) is 7.83. The number of esters is 1. The highest BCUT2D eigenvalue weighted by atomic mass is 32.3. The van der Waals surface area contributed by atoms with Gasteiger partial charge >= 0.3 is 16.4 Å². The molecule has 0 saturated heterocycles. The fraction of sp³-hybridized carbons (Fsp3) is 0.650. The fourth-order valence-corrected chi connectivity index (χ4v) is 3.07. The molecule has 154 valence electrons. The number of ether oxygens (including phenoxy) is 1. The smallest absolute Gasteiger partial charge is 0.397 e. The second kappa shape index (κ2) is 13.7. The van der Waals surface area contributed by atoms with E-state index in [1.54, 1.807) is 12.1 Å². The van der Waals surface area contributed by atoms with Crippen LogP contribution in [0.5, 0.6) is 5.75 Å². The van der Waals surface area contributed by atoms with Gasteiger partial charge in [0.05, 0.1) is 0 Å². The van der Waals surface area contributed by atoms with Crippen LogP contribution in [-0.2, 0) is 25.8 Å². The molecule has 0 aliphatic carbocycles. The largest absolute Gasteiger partial charge is 0.425 e. The molecule has 1 rings (SSSR count). The van der Waals surface area contributed by atoms with E-state index in [0.717, 1.165) is 12.8 Å². The monoisotopic (exact) mass is 400 g/mol. The van der Waals surface area contributed by atoms with Crippen molar-refractivity contribution in [3.05, 3.63) is 29.8 Å². The molecule has 0 unspecified atom stereocenters. The van der Waals surface area contributed by atoms with E-state index in [1.807, 2.05) is 12.1 Å². The van der Waals surface area contributed by atoms with Gasteiger partial charge in [-0.25, -0.2) is 8.98 Å². The molecule has 6 nitrogen and oxygen atoms in total. The molecular formula is C20H32O6S. The van der Waals surface area contributed by atoms with E-state index < -0.39 is 23.0 Å². The van der Waals surface area contributed by atoms with Crippen LogP contribution in [0.15, 0.2) is 24.3 Å². The average Bonchev–Trinajstić information content (AvgIpc) is 2.62. The Morgan fingerprint density at radius 3 is 1.93 bits per heavy atom. The van der Waals surface area contributed by atoms with Crippen molar-refractivity contribution in [1.29, 1.82) is 0 Å². The molecule has 0 aromatic heterocycles. The molecule has 0 bridgehead atoms. The van der Waals surface area contributed by atoms with Crippen molar-refractivity contribution in [3.8, 4) is 5.75 Å². The normalized spacial score (nSPS) is 11.5. The summed E-state index contributed by atoms with van der Waals surface area (Å²) in [6.45, 7) is 1.38. The summed E-state index contributed by atoms with van der Waals surface area (Å²) >= 11 is 0. The van der Waals surface area contributed by atoms with Crippen molar-refractivity contribution in [2.75, 3.05) is 6.61 Å². The third-order valence-electron chi connectivity index (χ3n) is 4.30. The lowest BCUT2D eigenvalue weighted by atomic mass is 10.0. The third kappa shape index (κ3) is 13.4. The minimum absolute atomic E-state index is 0.311. The van der Waals surface area contributed by atoms with E-state index >= 15 is 0 Å². The molecule has 0 fully saturated rings. The Morgan fingerprint density at radius 1 is 0.889 bits per heavy atom. The predicted molar refractivity (Wildman–Crippen MR) is 105 cm³/mol. The summed E-state index contributed by atoms with van der Waals surface area (Å²) < 4.78 is 38.1. The van der Waals surface area contributed by atoms with Gasteiger partial charge in [0.25, 0.3) is 0 Å². The summed E-state index contributed by atoms with van der Waals surface area (Å²) in [7, 11) is -4.64. The molecular weight excluding hydrogens is 368 g/mol. The lowest BCUT2D eigenvalue weighted by Crippen LogP contribution is -2.18. The summed E-state index contributed by atoms with van der Waals surface area (Å²) in [4.78, 5) is 11.4. The minimum Gasteiger partial charge on any atom is -0.425 e. The van der Waals surface area contributed by atoms with Gasteiger partial charge in [0.1, 0.15) is 5.75 Å². The average molecular weight is 401 g/mol. The molecule has 0 heterocycles. The predicted octanol–water partition coefficient (Wildman–Crippen LogP) is 4.87. The van der Waals surface area contributed by atoms with Crippen LogP contribution in [0.25, 0.3) is 0 Å². The molecule has 0 aliphatic heterocycles. The minimum atomic E-state index is -4.64. The molecule has 1 aromatic rings. The molecule has 1 aromatic carbocycles. The first kappa shape index (κ1) is 23.6. The zero-order valence-electron chi connectivity index (χ0n) is 16.2. The van der Waals surface area contributed by atoms with E-state index in [0.29, 0.717) is 5.75 Å². The molecule has 7 heteroatoms. The van der Waals surface area contributed by atoms with E-state index in [4.69, 9.17) is 9.29 Å². The molecule has 0 saturated carbocycles. The summed E-state index contributed by atoms with van der Waals surface area (Å²) in [6, 6.07) is 7.11. The van der Waals surface area contributed by atoms with Gasteiger partial charge in [0, 0.05) is 0 Å². The van der Waals surface area contributed by atoms with Gasteiger partial charge in [0.15, 0.2) is 6.61 Å². The fourth-order valence-electron chi connectivity index (χ4n) is 2.82. The highest BCUT2D eigenvalue weighted by Crippen LogP contribution is 2.16. The maximum Gasteiger partial charge on any atom is 0.397 e. The quantitative estimate of drug-likeness (QED) is 0.195. The van der Waals surface area contributed by atoms with Gasteiger partial charge in [-0.15, -0.1) is 0 Å². The van der Waals surface area contributed by atoms with Crippen LogP contribution in [-0.4, -0.2) is 25.5 Å². The lowest BCUT2D eigenvalue weighted by Gasteiger charge is -2.06. The van der Waals surface area contributed by atoms with Gasteiger partial charge in [-0.3, -0.25) is 4.55 Å². The van der Waals surface area contributed by atoms with Crippen LogP contribution in [0.1, 0.15) is 76.7 Å². The van der Waals surface area contributed by atoms with E-state index in [-0.39, 0.29) is 0 Å². The molecule has 0 spiro atoms. The number of carbonyl (C=O) groups excluding carboxylic acids is 1. The van der Waals surface area contributed by atoms with Crippen LogP contribution < -0.4 is 4.74 Å². The number of hydrogen-bond donors (Lipinski definition) is 1. The molecule has 0 atom stereocenters. The summed E-state index contributed by atoms with van der Waals surface area (Å²) in [6.07, 6.45) is 14.0. The Labute approximate surface area is 163 Å². The van der Waals surface area contributed by atoms with Crippen molar-refractivity contribution >= 4 is 16.4 Å². The van der Waals surface area contributed by atoms with Crippen LogP contribution in [0.4, 0.5) is 0 Å². The van der Waals surface area contributed by atoms with Gasteiger partial charge in [-0.1, -0.05) is 76.8 Å². The number of benzene rings is 1. The first-order chi connectivity index (χ1) is 12.9. The van der Waals surface area contributed by atoms with Crippen molar-refractivity contribution < 1.29 is 26.7 Å². The highest BCUT2D eigenvalue weighted by Gasteiger charge is 2.11. The summed E-state index contributed by atoms with van der Waals surface area (Å²) in [5, 5.41) is 0. The zero-order valence-corrected chi connectivity index (χ0v) is 17.0. The Morgan fingerprint density at radius 2 is 1.41 bits per heavy atom. The van der Waals surface area contributed by atoms with Crippen molar-refractivity contribution in [2.45, 2.75) is 77.6 Å². The Hall–Kier alpha value is -1.44. The number of unbranched alkanes of at least 4 members (excludes halogenated alkanes) is 9. The van der Waals surface area contributed by atoms with Crippen LogP contribution in [0.3, 0.4) is 0 Å². The number of rotatable bonds is 15. The van der Waals surface area contributed by atoms with Gasteiger partial charge in [-0.05, 0) is 30.5 Å². The Bertz CT molecular complexity index is 624. The van der Waals surface area contributed by atoms with E-state index in [9.17, 15) is 13.2 Å². The Kier molecular flexibility index (Phi) is 12.0. The molecule has 0 amide bonds. The van der Waals surface area contributed by atoms with Crippen molar-refractivity contribution in [1.82, 2.24) is 0 Å².